The summed E-state index contributed by atoms with van der Waals surface area (Å²) in [5.41, 5.74) is 3.32. The minimum absolute atomic E-state index is 0.169. The summed E-state index contributed by atoms with van der Waals surface area (Å²) in [6.07, 6.45) is 0.785. The summed E-state index contributed by atoms with van der Waals surface area (Å²) in [6, 6.07) is 5.15. The van der Waals surface area contributed by atoms with Crippen molar-refractivity contribution >= 4 is 16.9 Å². The Hall–Kier alpha value is -3.10. The van der Waals surface area contributed by atoms with Crippen molar-refractivity contribution in [2.45, 2.75) is 79.6 Å². The Morgan fingerprint density at radius 3 is 2.48 bits per heavy atom. The molecule has 0 radical (unpaired) electrons. The summed E-state index contributed by atoms with van der Waals surface area (Å²) < 4.78 is 21.7. The molecule has 0 bridgehead atoms. The lowest BCUT2D eigenvalue weighted by molar-refractivity contribution is -0.149. The van der Waals surface area contributed by atoms with Crippen LogP contribution in [0, 0.1) is 24.6 Å². The lowest BCUT2D eigenvalue weighted by atomic mass is 9.85. The molecule has 4 heterocycles. The molecule has 40 heavy (non-hydrogen) atoms. The van der Waals surface area contributed by atoms with Crippen LogP contribution in [-0.4, -0.2) is 45.2 Å². The minimum Gasteiger partial charge on any atom is -0.460 e. The molecule has 8 heteroatoms. The fourth-order valence-corrected chi connectivity index (χ4v) is 6.33. The number of aryl methyl sites for hydroxylation is 1. The van der Waals surface area contributed by atoms with Crippen molar-refractivity contribution in [3.8, 4) is 11.4 Å². The molecule has 0 saturated carbocycles. The Balaban J connectivity index is 1.68. The number of halogens is 1. The van der Waals surface area contributed by atoms with E-state index in [4.69, 9.17) is 9.72 Å². The summed E-state index contributed by atoms with van der Waals surface area (Å²) in [7, 11) is 0. The van der Waals surface area contributed by atoms with Gasteiger partial charge in [-0.1, -0.05) is 34.6 Å². The molecule has 2 aliphatic rings. The Labute approximate surface area is 235 Å². The second-order valence-corrected chi connectivity index (χ2v) is 12.4. The first-order chi connectivity index (χ1) is 18.9. The molecule has 1 atom stereocenters. The second kappa shape index (κ2) is 10.7. The molecule has 1 aromatic carbocycles. The molecule has 214 valence electrons. The predicted octanol–water partition coefficient (Wildman–Crippen LogP) is 5.07. The van der Waals surface area contributed by atoms with Crippen molar-refractivity contribution < 1.29 is 19.0 Å². The molecule has 7 nitrogen and oxygen atoms in total. The quantitative estimate of drug-likeness (QED) is 0.309. The van der Waals surface area contributed by atoms with Gasteiger partial charge in [-0.25, -0.2) is 9.37 Å². The third kappa shape index (κ3) is 5.07. The van der Waals surface area contributed by atoms with E-state index < -0.39 is 11.6 Å². The maximum absolute atomic E-state index is 14.8. The first-order valence-corrected chi connectivity index (χ1v) is 14.4. The first kappa shape index (κ1) is 28.4. The number of carbonyl (C=O) groups is 1. The van der Waals surface area contributed by atoms with Gasteiger partial charge in [0.2, 0.25) is 0 Å². The SMILES string of the molecule is CCC1(O)CC(=O)OCc2c1cc1n(c2=O)Cc2c-1nc1cc(F)c(C)cc1c2CCN(CC(C)C)CC(C)C. The normalized spacial score (nSPS) is 18.3. The third-order valence-electron chi connectivity index (χ3n) is 8.27. The lowest BCUT2D eigenvalue weighted by Crippen LogP contribution is -2.33. The number of pyridine rings is 2. The topological polar surface area (TPSA) is 84.7 Å². The van der Waals surface area contributed by atoms with E-state index >= 15 is 0 Å². The smallest absolute Gasteiger partial charge is 0.309 e. The Bertz CT molecular complexity index is 1530. The average Bonchev–Trinajstić information content (AvgIpc) is 3.18. The van der Waals surface area contributed by atoms with Gasteiger partial charge in [-0.15, -0.1) is 0 Å². The number of cyclic esters (lactones) is 1. The average molecular weight is 550 g/mol. The highest BCUT2D eigenvalue weighted by molar-refractivity contribution is 5.89. The van der Waals surface area contributed by atoms with E-state index in [9.17, 15) is 19.1 Å². The van der Waals surface area contributed by atoms with Crippen LogP contribution in [0.2, 0.25) is 0 Å². The van der Waals surface area contributed by atoms with Crippen LogP contribution in [0.15, 0.2) is 23.0 Å². The van der Waals surface area contributed by atoms with Gasteiger partial charge >= 0.3 is 5.97 Å². The van der Waals surface area contributed by atoms with Crippen molar-refractivity contribution in [1.29, 1.82) is 0 Å². The molecule has 0 saturated heterocycles. The van der Waals surface area contributed by atoms with E-state index in [1.807, 2.05) is 6.07 Å². The number of esters is 1. The molecular weight excluding hydrogens is 509 g/mol. The number of aliphatic hydroxyl groups is 1. The Morgan fingerprint density at radius 1 is 1.12 bits per heavy atom. The predicted molar refractivity (Wildman–Crippen MR) is 154 cm³/mol. The zero-order valence-electron chi connectivity index (χ0n) is 24.4. The standard InChI is InChI=1S/C32H40FN3O4/c1-7-32(39)13-29(37)40-17-24-25(32)11-28-30-23(16-36(28)31(24)38)21(8-9-35(14-18(2)3)15-19(4)5)22-10-20(6)26(33)12-27(22)34-30/h10-12,18-19,39H,7-9,13-17H2,1-6H3. The molecule has 0 fully saturated rings. The molecule has 5 rings (SSSR count). The highest BCUT2D eigenvalue weighted by Crippen LogP contribution is 2.41. The van der Waals surface area contributed by atoms with Crippen LogP contribution < -0.4 is 5.56 Å². The summed E-state index contributed by atoms with van der Waals surface area (Å²) in [6.45, 7) is 15.4. The molecule has 2 aliphatic heterocycles. The van der Waals surface area contributed by atoms with Gasteiger partial charge in [-0.3, -0.25) is 9.59 Å². The number of fused-ring (bicyclic) bond motifs is 5. The van der Waals surface area contributed by atoms with Gasteiger partial charge in [0.05, 0.1) is 35.4 Å². The molecule has 2 aromatic heterocycles. The highest BCUT2D eigenvalue weighted by atomic mass is 19.1. The molecular formula is C32H40FN3O4. The van der Waals surface area contributed by atoms with E-state index in [-0.39, 0.29) is 30.8 Å². The minimum atomic E-state index is -1.50. The van der Waals surface area contributed by atoms with Gasteiger partial charge in [-0.05, 0) is 60.4 Å². The van der Waals surface area contributed by atoms with Crippen LogP contribution in [-0.2, 0) is 34.7 Å². The second-order valence-electron chi connectivity index (χ2n) is 12.4. The zero-order chi connectivity index (χ0) is 28.9. The maximum Gasteiger partial charge on any atom is 0.309 e. The van der Waals surface area contributed by atoms with Gasteiger partial charge in [0.25, 0.3) is 5.56 Å². The Morgan fingerprint density at radius 2 is 1.82 bits per heavy atom. The number of nitrogens with zero attached hydrogens (tertiary/aromatic N) is 3. The van der Waals surface area contributed by atoms with Gasteiger partial charge in [0.15, 0.2) is 0 Å². The fraction of sp³-hybridized carbons (Fsp3) is 0.531. The van der Waals surface area contributed by atoms with Crippen LogP contribution in [0.4, 0.5) is 4.39 Å². The van der Waals surface area contributed by atoms with Crippen molar-refractivity contribution in [3.63, 3.8) is 0 Å². The Kier molecular flexibility index (Phi) is 7.61. The van der Waals surface area contributed by atoms with Crippen molar-refractivity contribution in [3.05, 3.63) is 62.2 Å². The summed E-state index contributed by atoms with van der Waals surface area (Å²) in [5, 5.41) is 12.4. The fourth-order valence-electron chi connectivity index (χ4n) is 6.33. The van der Waals surface area contributed by atoms with E-state index in [1.54, 1.807) is 24.5 Å². The summed E-state index contributed by atoms with van der Waals surface area (Å²) >= 11 is 0. The third-order valence-corrected chi connectivity index (χ3v) is 8.27. The van der Waals surface area contributed by atoms with Gasteiger partial charge < -0.3 is 19.3 Å². The van der Waals surface area contributed by atoms with Crippen molar-refractivity contribution in [1.82, 2.24) is 14.5 Å². The lowest BCUT2D eigenvalue weighted by Gasteiger charge is -2.26. The van der Waals surface area contributed by atoms with Gasteiger partial charge in [0.1, 0.15) is 18.0 Å². The molecule has 1 unspecified atom stereocenters. The van der Waals surface area contributed by atoms with E-state index in [2.05, 4.69) is 32.6 Å². The van der Waals surface area contributed by atoms with Crippen LogP contribution >= 0.6 is 0 Å². The highest BCUT2D eigenvalue weighted by Gasteiger charge is 2.39. The number of hydrogen-bond donors (Lipinski definition) is 1. The molecule has 0 aliphatic carbocycles. The molecule has 1 N–H and O–H groups in total. The van der Waals surface area contributed by atoms with Crippen LogP contribution in [0.25, 0.3) is 22.3 Å². The largest absolute Gasteiger partial charge is 0.460 e. The number of benzene rings is 1. The number of hydrogen-bond acceptors (Lipinski definition) is 6. The van der Waals surface area contributed by atoms with Crippen LogP contribution in [0.5, 0.6) is 0 Å². The number of ether oxygens (including phenoxy) is 1. The number of rotatable bonds is 8. The van der Waals surface area contributed by atoms with E-state index in [0.717, 1.165) is 42.6 Å². The van der Waals surface area contributed by atoms with E-state index in [1.165, 1.54) is 6.07 Å². The van der Waals surface area contributed by atoms with Crippen molar-refractivity contribution in [2.24, 2.45) is 11.8 Å². The zero-order valence-corrected chi connectivity index (χ0v) is 24.4. The van der Waals surface area contributed by atoms with Crippen LogP contribution in [0.3, 0.4) is 0 Å². The molecule has 3 aromatic rings. The van der Waals surface area contributed by atoms with E-state index in [0.29, 0.717) is 52.0 Å². The van der Waals surface area contributed by atoms with Gasteiger partial charge in [-0.2, -0.15) is 0 Å². The number of aromatic nitrogens is 2. The monoisotopic (exact) mass is 549 g/mol. The van der Waals surface area contributed by atoms with Gasteiger partial charge in [0, 0.05) is 36.7 Å². The molecule has 0 spiro atoms. The first-order valence-electron chi connectivity index (χ1n) is 14.4. The van der Waals surface area contributed by atoms with Crippen molar-refractivity contribution in [2.75, 3.05) is 19.6 Å². The number of carbonyl (C=O) groups excluding carboxylic acids is 1. The van der Waals surface area contributed by atoms with Crippen LogP contribution in [0.1, 0.15) is 75.3 Å². The molecule has 0 amide bonds. The maximum atomic E-state index is 14.8. The summed E-state index contributed by atoms with van der Waals surface area (Å²) in [5.74, 6) is 0.204. The summed E-state index contributed by atoms with van der Waals surface area (Å²) in [4.78, 5) is 33.5.